The smallest absolute Gasteiger partial charge is 0.354 e. The molecule has 18 heavy (non-hydrogen) atoms. The molecule has 0 bridgehead atoms. The molecular formula is C12H12FNO4. The van der Waals surface area contributed by atoms with Gasteiger partial charge >= 0.3 is 5.97 Å². The van der Waals surface area contributed by atoms with Crippen LogP contribution in [0.1, 0.15) is 6.92 Å². The van der Waals surface area contributed by atoms with Crippen molar-refractivity contribution in [3.05, 3.63) is 35.3 Å². The van der Waals surface area contributed by atoms with E-state index in [0.29, 0.717) is 5.57 Å². The van der Waals surface area contributed by atoms with Gasteiger partial charge in [0, 0.05) is 24.9 Å². The summed E-state index contributed by atoms with van der Waals surface area (Å²) in [4.78, 5) is 23.6. The van der Waals surface area contributed by atoms with E-state index in [-0.39, 0.29) is 18.7 Å². The predicted octanol–water partition coefficient (Wildman–Crippen LogP) is 0.996. The highest BCUT2D eigenvalue weighted by molar-refractivity contribution is 6.05. The zero-order valence-electron chi connectivity index (χ0n) is 9.72. The van der Waals surface area contributed by atoms with Crippen LogP contribution in [0, 0.1) is 0 Å². The van der Waals surface area contributed by atoms with E-state index >= 15 is 0 Å². The predicted molar refractivity (Wildman–Crippen MR) is 60.1 cm³/mol. The van der Waals surface area contributed by atoms with Gasteiger partial charge in [0.2, 0.25) is 12.0 Å². The molecule has 0 aromatic rings. The van der Waals surface area contributed by atoms with Crippen LogP contribution in [-0.2, 0) is 14.3 Å². The number of fused-ring (bicyclic) bond motifs is 1. The van der Waals surface area contributed by atoms with Gasteiger partial charge in [0.05, 0.1) is 0 Å². The van der Waals surface area contributed by atoms with Gasteiger partial charge in [-0.15, -0.1) is 0 Å². The Morgan fingerprint density at radius 1 is 1.61 bits per heavy atom. The first kappa shape index (κ1) is 12.5. The molecule has 0 amide bonds. The van der Waals surface area contributed by atoms with Gasteiger partial charge in [0.25, 0.3) is 0 Å². The summed E-state index contributed by atoms with van der Waals surface area (Å²) in [6.07, 6.45) is 2.93. The van der Waals surface area contributed by atoms with Crippen LogP contribution in [0.3, 0.4) is 0 Å². The number of allylic oxidation sites excluding steroid dienone is 3. The van der Waals surface area contributed by atoms with Crippen molar-refractivity contribution in [2.24, 2.45) is 0 Å². The largest absolute Gasteiger partial charge is 0.478 e. The number of ketones is 1. The van der Waals surface area contributed by atoms with Crippen LogP contribution in [0.15, 0.2) is 35.3 Å². The lowest BCUT2D eigenvalue weighted by atomic mass is 10.0. The SMILES string of the molecule is CCOC(C(=O)O)N1C=C2C=CC(=O)C(F)=C2C1. The van der Waals surface area contributed by atoms with E-state index < -0.39 is 23.8 Å². The quantitative estimate of drug-likeness (QED) is 0.809. The second-order valence-corrected chi connectivity index (χ2v) is 3.89. The lowest BCUT2D eigenvalue weighted by Gasteiger charge is -2.23. The van der Waals surface area contributed by atoms with E-state index in [0.717, 1.165) is 6.08 Å². The van der Waals surface area contributed by atoms with Gasteiger partial charge in [0.15, 0.2) is 5.83 Å². The van der Waals surface area contributed by atoms with E-state index in [1.807, 2.05) is 0 Å². The number of rotatable bonds is 4. The molecule has 1 heterocycles. The molecule has 5 nitrogen and oxygen atoms in total. The number of carbonyl (C=O) groups excluding carboxylic acids is 1. The molecule has 2 rings (SSSR count). The number of hydrogen-bond acceptors (Lipinski definition) is 4. The minimum atomic E-state index is -1.17. The second kappa shape index (κ2) is 4.73. The van der Waals surface area contributed by atoms with Crippen molar-refractivity contribution in [3.63, 3.8) is 0 Å². The first-order valence-electron chi connectivity index (χ1n) is 5.48. The normalized spacial score (nSPS) is 20.0. The summed E-state index contributed by atoms with van der Waals surface area (Å²) in [5, 5.41) is 9.03. The summed E-state index contributed by atoms with van der Waals surface area (Å²) < 4.78 is 18.7. The monoisotopic (exact) mass is 253 g/mol. The van der Waals surface area contributed by atoms with Crippen LogP contribution < -0.4 is 0 Å². The van der Waals surface area contributed by atoms with Crippen LogP contribution in [0.25, 0.3) is 0 Å². The molecule has 1 atom stereocenters. The molecule has 0 spiro atoms. The molecule has 1 N–H and O–H groups in total. The van der Waals surface area contributed by atoms with Gasteiger partial charge < -0.3 is 14.7 Å². The third kappa shape index (κ3) is 2.06. The average molecular weight is 253 g/mol. The third-order valence-corrected chi connectivity index (χ3v) is 2.73. The Bertz CT molecular complexity index is 492. The molecule has 1 aliphatic heterocycles. The zero-order valence-corrected chi connectivity index (χ0v) is 9.72. The minimum absolute atomic E-state index is 0.0220. The highest BCUT2D eigenvalue weighted by Gasteiger charge is 2.33. The van der Waals surface area contributed by atoms with Crippen molar-refractivity contribution in [1.82, 2.24) is 4.90 Å². The van der Waals surface area contributed by atoms with Crippen LogP contribution in [0.2, 0.25) is 0 Å². The topological polar surface area (TPSA) is 66.8 Å². The molecule has 0 aromatic carbocycles. The number of nitrogens with zero attached hydrogens (tertiary/aromatic N) is 1. The maximum Gasteiger partial charge on any atom is 0.354 e. The number of ether oxygens (including phenoxy) is 1. The lowest BCUT2D eigenvalue weighted by Crippen LogP contribution is -2.39. The van der Waals surface area contributed by atoms with Gasteiger partial charge in [-0.3, -0.25) is 4.79 Å². The first-order valence-corrected chi connectivity index (χ1v) is 5.48. The fourth-order valence-electron chi connectivity index (χ4n) is 1.92. The van der Waals surface area contributed by atoms with Crippen LogP contribution in [-0.4, -0.2) is 41.1 Å². The second-order valence-electron chi connectivity index (χ2n) is 3.89. The molecule has 0 fully saturated rings. The molecule has 0 aromatic heterocycles. The maximum atomic E-state index is 13.6. The van der Waals surface area contributed by atoms with Crippen molar-refractivity contribution >= 4 is 11.8 Å². The number of halogens is 1. The number of hydrogen-bond donors (Lipinski definition) is 1. The Morgan fingerprint density at radius 2 is 2.33 bits per heavy atom. The summed E-state index contributed by atoms with van der Waals surface area (Å²) in [5.74, 6) is -2.66. The van der Waals surface area contributed by atoms with E-state index in [1.54, 1.807) is 6.92 Å². The van der Waals surface area contributed by atoms with Crippen LogP contribution >= 0.6 is 0 Å². The van der Waals surface area contributed by atoms with Gasteiger partial charge in [-0.1, -0.05) is 0 Å². The van der Waals surface area contributed by atoms with Gasteiger partial charge in [0.1, 0.15) is 0 Å². The number of carbonyl (C=O) groups is 2. The van der Waals surface area contributed by atoms with Crippen molar-refractivity contribution in [2.45, 2.75) is 13.2 Å². The molecule has 0 saturated heterocycles. The summed E-state index contributed by atoms with van der Waals surface area (Å²) in [6.45, 7) is 1.93. The van der Waals surface area contributed by atoms with Crippen molar-refractivity contribution in [3.8, 4) is 0 Å². The lowest BCUT2D eigenvalue weighted by molar-refractivity contribution is -0.160. The van der Waals surface area contributed by atoms with Crippen LogP contribution in [0.4, 0.5) is 4.39 Å². The highest BCUT2D eigenvalue weighted by Crippen LogP contribution is 2.31. The van der Waals surface area contributed by atoms with E-state index in [9.17, 15) is 14.0 Å². The van der Waals surface area contributed by atoms with E-state index in [1.165, 1.54) is 17.2 Å². The van der Waals surface area contributed by atoms with Crippen LogP contribution in [0.5, 0.6) is 0 Å². The molecule has 1 unspecified atom stereocenters. The Labute approximate surface area is 103 Å². The molecule has 0 radical (unpaired) electrons. The molecular weight excluding hydrogens is 241 g/mol. The van der Waals surface area contributed by atoms with Crippen molar-refractivity contribution in [2.75, 3.05) is 13.2 Å². The Balaban J connectivity index is 2.26. The van der Waals surface area contributed by atoms with E-state index in [2.05, 4.69) is 0 Å². The number of carboxylic acids is 1. The van der Waals surface area contributed by atoms with Gasteiger partial charge in [-0.2, -0.15) is 0 Å². The molecule has 96 valence electrons. The van der Waals surface area contributed by atoms with Gasteiger partial charge in [-0.05, 0) is 24.6 Å². The number of carboxylic acid groups (broad SMARTS) is 1. The summed E-state index contributed by atoms with van der Waals surface area (Å²) in [7, 11) is 0. The zero-order chi connectivity index (χ0) is 13.3. The van der Waals surface area contributed by atoms with Crippen molar-refractivity contribution < 1.29 is 23.8 Å². The minimum Gasteiger partial charge on any atom is -0.478 e. The molecule has 0 saturated carbocycles. The fourth-order valence-corrected chi connectivity index (χ4v) is 1.92. The standard InChI is InChI=1S/C12H12FNO4/c1-2-18-11(12(16)17)14-5-7-3-4-9(15)10(13)8(7)6-14/h3-5,11H,2,6H2,1H3,(H,16,17). The summed E-state index contributed by atoms with van der Waals surface area (Å²) in [6, 6.07) is 0. The number of aliphatic carboxylic acids is 1. The average Bonchev–Trinajstić information content (AvgIpc) is 2.75. The Morgan fingerprint density at radius 3 is 2.94 bits per heavy atom. The summed E-state index contributed by atoms with van der Waals surface area (Å²) in [5.41, 5.74) is 0.728. The van der Waals surface area contributed by atoms with Crippen molar-refractivity contribution in [1.29, 1.82) is 0 Å². The molecule has 1 aliphatic carbocycles. The third-order valence-electron chi connectivity index (χ3n) is 2.73. The van der Waals surface area contributed by atoms with E-state index in [4.69, 9.17) is 9.84 Å². The maximum absolute atomic E-state index is 13.6. The Hall–Kier alpha value is -1.95. The fraction of sp³-hybridized carbons (Fsp3) is 0.333. The van der Waals surface area contributed by atoms with Gasteiger partial charge in [-0.25, -0.2) is 9.18 Å². The Kier molecular flexibility index (Phi) is 3.29. The molecule has 6 heteroatoms. The highest BCUT2D eigenvalue weighted by atomic mass is 19.1. The first-order chi connectivity index (χ1) is 8.54. The molecule has 2 aliphatic rings. The summed E-state index contributed by atoms with van der Waals surface area (Å²) >= 11 is 0.